The molecule has 5 heterocycles. The average Bonchev–Trinajstić information content (AvgIpc) is 3.34. The van der Waals surface area contributed by atoms with E-state index in [1.54, 1.807) is 24.0 Å². The summed E-state index contributed by atoms with van der Waals surface area (Å²) in [6.45, 7) is 5.76. The Morgan fingerprint density at radius 2 is 2.12 bits per heavy atom. The Balaban J connectivity index is 1.28. The van der Waals surface area contributed by atoms with Gasteiger partial charge in [0.1, 0.15) is 11.8 Å². The molecule has 0 aromatic carbocycles. The standard InChI is InChI=1S/C18H22N6OS/c1-8-26-10-14(1)9-23-6-7-25-18(11-23)2-4-24(5-3-18)17-15-16(20-12-19-15)21-13-22-17/h1,8,10,12-13H,2-7,9,11H2,(H,19,20,21,22). The summed E-state index contributed by atoms with van der Waals surface area (Å²) in [6.07, 6.45) is 5.32. The van der Waals surface area contributed by atoms with Crippen molar-refractivity contribution < 1.29 is 4.74 Å². The van der Waals surface area contributed by atoms with E-state index in [9.17, 15) is 0 Å². The highest BCUT2D eigenvalue weighted by molar-refractivity contribution is 7.07. The molecule has 7 nitrogen and oxygen atoms in total. The van der Waals surface area contributed by atoms with Gasteiger partial charge in [-0.1, -0.05) is 0 Å². The first kappa shape index (κ1) is 16.2. The van der Waals surface area contributed by atoms with E-state index in [-0.39, 0.29) is 5.60 Å². The van der Waals surface area contributed by atoms with E-state index in [1.807, 2.05) is 0 Å². The molecule has 0 amide bonds. The van der Waals surface area contributed by atoms with Gasteiger partial charge in [-0.05, 0) is 35.2 Å². The summed E-state index contributed by atoms with van der Waals surface area (Å²) in [6, 6.07) is 2.22. The number of aromatic amines is 1. The Morgan fingerprint density at radius 1 is 1.19 bits per heavy atom. The number of piperidine rings is 1. The van der Waals surface area contributed by atoms with Gasteiger partial charge in [-0.15, -0.1) is 0 Å². The van der Waals surface area contributed by atoms with Gasteiger partial charge in [-0.2, -0.15) is 11.3 Å². The number of imidazole rings is 1. The van der Waals surface area contributed by atoms with Gasteiger partial charge in [0.05, 0.1) is 18.5 Å². The number of anilines is 1. The number of fused-ring (bicyclic) bond motifs is 1. The second-order valence-corrected chi connectivity index (χ2v) is 7.94. The molecule has 136 valence electrons. The minimum absolute atomic E-state index is 0.0229. The third-order valence-corrected chi connectivity index (χ3v) is 6.22. The highest BCUT2D eigenvalue weighted by atomic mass is 32.1. The number of hydrogen-bond acceptors (Lipinski definition) is 7. The lowest BCUT2D eigenvalue weighted by atomic mass is 9.89. The average molecular weight is 370 g/mol. The van der Waals surface area contributed by atoms with Crippen LogP contribution >= 0.6 is 11.3 Å². The van der Waals surface area contributed by atoms with Gasteiger partial charge in [0.2, 0.25) is 0 Å². The first-order valence-corrected chi connectivity index (χ1v) is 10.0. The molecular weight excluding hydrogens is 348 g/mol. The van der Waals surface area contributed by atoms with E-state index in [2.05, 4.69) is 46.6 Å². The quantitative estimate of drug-likeness (QED) is 0.763. The molecule has 2 fully saturated rings. The molecule has 2 aliphatic rings. The van der Waals surface area contributed by atoms with Crippen molar-refractivity contribution in [2.75, 3.05) is 37.7 Å². The molecule has 3 aromatic heterocycles. The maximum atomic E-state index is 6.29. The first-order valence-electron chi connectivity index (χ1n) is 9.08. The summed E-state index contributed by atoms with van der Waals surface area (Å²) in [5, 5.41) is 4.40. The predicted octanol–water partition coefficient (Wildman–Crippen LogP) is 2.29. The third-order valence-electron chi connectivity index (χ3n) is 5.49. The number of morpholine rings is 1. The molecule has 1 spiro atoms. The minimum atomic E-state index is -0.0229. The predicted molar refractivity (Wildman–Crippen MR) is 101 cm³/mol. The fourth-order valence-electron chi connectivity index (χ4n) is 4.12. The smallest absolute Gasteiger partial charge is 0.182 e. The van der Waals surface area contributed by atoms with Crippen LogP contribution in [0.3, 0.4) is 0 Å². The zero-order chi connectivity index (χ0) is 17.4. The monoisotopic (exact) mass is 370 g/mol. The van der Waals surface area contributed by atoms with E-state index in [0.29, 0.717) is 0 Å². The topological polar surface area (TPSA) is 70.2 Å². The molecule has 3 aromatic rings. The van der Waals surface area contributed by atoms with Gasteiger partial charge >= 0.3 is 0 Å². The Hall–Kier alpha value is -2.03. The van der Waals surface area contributed by atoms with Crippen LogP contribution in [0, 0.1) is 0 Å². The van der Waals surface area contributed by atoms with Crippen molar-refractivity contribution in [3.05, 3.63) is 35.0 Å². The van der Waals surface area contributed by atoms with Gasteiger partial charge in [0.15, 0.2) is 11.5 Å². The zero-order valence-electron chi connectivity index (χ0n) is 14.6. The molecular formula is C18H22N6OS. The fraction of sp³-hybridized carbons (Fsp3) is 0.500. The zero-order valence-corrected chi connectivity index (χ0v) is 15.4. The van der Waals surface area contributed by atoms with E-state index in [1.165, 1.54) is 5.56 Å². The molecule has 0 unspecified atom stereocenters. The molecule has 26 heavy (non-hydrogen) atoms. The number of ether oxygens (including phenoxy) is 1. The van der Waals surface area contributed by atoms with Crippen LogP contribution in [0.4, 0.5) is 5.82 Å². The molecule has 2 saturated heterocycles. The number of thiophene rings is 1. The van der Waals surface area contributed by atoms with Crippen molar-refractivity contribution in [3.63, 3.8) is 0 Å². The highest BCUT2D eigenvalue weighted by Gasteiger charge is 2.40. The Labute approximate surface area is 156 Å². The van der Waals surface area contributed by atoms with Crippen LogP contribution in [0.5, 0.6) is 0 Å². The molecule has 1 N–H and O–H groups in total. The summed E-state index contributed by atoms with van der Waals surface area (Å²) in [5.41, 5.74) is 3.04. The van der Waals surface area contributed by atoms with Crippen LogP contribution in [-0.4, -0.2) is 63.2 Å². The summed E-state index contributed by atoms with van der Waals surface area (Å²) >= 11 is 1.77. The molecule has 8 heteroatoms. The lowest BCUT2D eigenvalue weighted by molar-refractivity contribution is -0.122. The molecule has 0 atom stereocenters. The van der Waals surface area contributed by atoms with E-state index >= 15 is 0 Å². The first-order chi connectivity index (χ1) is 12.8. The van der Waals surface area contributed by atoms with Gasteiger partial charge in [0, 0.05) is 32.7 Å². The molecule has 2 aliphatic heterocycles. The van der Waals surface area contributed by atoms with Crippen molar-refractivity contribution in [1.82, 2.24) is 24.8 Å². The van der Waals surface area contributed by atoms with Crippen LogP contribution in [0.2, 0.25) is 0 Å². The normalized spacial score (nSPS) is 20.8. The molecule has 0 saturated carbocycles. The number of aromatic nitrogens is 4. The fourth-order valence-corrected chi connectivity index (χ4v) is 4.78. The number of nitrogens with zero attached hydrogens (tertiary/aromatic N) is 5. The van der Waals surface area contributed by atoms with Crippen molar-refractivity contribution in [2.24, 2.45) is 0 Å². The summed E-state index contributed by atoms with van der Waals surface area (Å²) in [7, 11) is 0. The van der Waals surface area contributed by atoms with Gasteiger partial charge in [-0.3, -0.25) is 4.90 Å². The lowest BCUT2D eigenvalue weighted by Crippen LogP contribution is -2.56. The van der Waals surface area contributed by atoms with Crippen LogP contribution in [0.1, 0.15) is 18.4 Å². The van der Waals surface area contributed by atoms with E-state index in [0.717, 1.165) is 69.2 Å². The minimum Gasteiger partial charge on any atom is -0.372 e. The number of nitrogens with one attached hydrogen (secondary N) is 1. The van der Waals surface area contributed by atoms with Gasteiger partial charge < -0.3 is 14.6 Å². The Kier molecular flexibility index (Phi) is 4.11. The second-order valence-electron chi connectivity index (χ2n) is 7.16. The highest BCUT2D eigenvalue weighted by Crippen LogP contribution is 2.33. The van der Waals surface area contributed by atoms with E-state index in [4.69, 9.17) is 4.74 Å². The summed E-state index contributed by atoms with van der Waals surface area (Å²) in [4.78, 5) is 21.0. The molecule has 5 rings (SSSR count). The van der Waals surface area contributed by atoms with Crippen LogP contribution in [0.25, 0.3) is 11.2 Å². The van der Waals surface area contributed by atoms with Crippen LogP contribution < -0.4 is 4.90 Å². The van der Waals surface area contributed by atoms with Crippen molar-refractivity contribution in [3.8, 4) is 0 Å². The third kappa shape index (κ3) is 2.98. The van der Waals surface area contributed by atoms with Crippen LogP contribution in [-0.2, 0) is 11.3 Å². The van der Waals surface area contributed by atoms with E-state index < -0.39 is 0 Å². The maximum Gasteiger partial charge on any atom is 0.182 e. The number of rotatable bonds is 3. The van der Waals surface area contributed by atoms with Gasteiger partial charge in [-0.25, -0.2) is 15.0 Å². The summed E-state index contributed by atoms with van der Waals surface area (Å²) < 4.78 is 6.29. The van der Waals surface area contributed by atoms with Crippen LogP contribution in [0.15, 0.2) is 29.5 Å². The molecule has 0 radical (unpaired) electrons. The lowest BCUT2D eigenvalue weighted by Gasteiger charge is -2.47. The van der Waals surface area contributed by atoms with Crippen molar-refractivity contribution in [1.29, 1.82) is 0 Å². The second kappa shape index (κ2) is 6.61. The Bertz CT molecular complexity index is 871. The van der Waals surface area contributed by atoms with Gasteiger partial charge in [0.25, 0.3) is 0 Å². The Morgan fingerprint density at radius 3 is 2.96 bits per heavy atom. The number of H-pyrrole nitrogens is 1. The molecule has 0 aliphatic carbocycles. The summed E-state index contributed by atoms with van der Waals surface area (Å²) in [5.74, 6) is 0.952. The SMILES string of the molecule is c1nc(N2CCC3(CC2)CN(Cc2ccsc2)CCO3)c2[nH]cnc2n1. The molecule has 0 bridgehead atoms. The van der Waals surface area contributed by atoms with Crippen molar-refractivity contribution in [2.45, 2.75) is 25.0 Å². The van der Waals surface area contributed by atoms with Crippen molar-refractivity contribution >= 4 is 28.3 Å². The largest absolute Gasteiger partial charge is 0.372 e. The number of hydrogen-bond donors (Lipinski definition) is 1. The maximum absolute atomic E-state index is 6.29.